The molecule has 1 atom stereocenters. The van der Waals surface area contributed by atoms with E-state index in [2.05, 4.69) is 22.2 Å². The molecule has 90 valence electrons. The largest absolute Gasteiger partial charge is 0.314 e. The lowest BCUT2D eigenvalue weighted by Gasteiger charge is -2.33. The van der Waals surface area contributed by atoms with Crippen molar-refractivity contribution in [2.75, 3.05) is 19.6 Å². The quantitative estimate of drug-likeness (QED) is 0.846. The topological polar surface area (TPSA) is 33.1 Å². The van der Waals surface area contributed by atoms with E-state index in [1.54, 1.807) is 4.68 Å². The molecule has 1 N–H and O–H groups in total. The van der Waals surface area contributed by atoms with E-state index in [0.29, 0.717) is 6.04 Å². The van der Waals surface area contributed by atoms with Gasteiger partial charge in [0.25, 0.3) is 0 Å². The van der Waals surface area contributed by atoms with Gasteiger partial charge in [0, 0.05) is 44.8 Å². The predicted octanol–water partition coefficient (Wildman–Crippen LogP) is 1.18. The number of rotatable bonds is 2. The van der Waals surface area contributed by atoms with E-state index >= 15 is 0 Å². The second kappa shape index (κ2) is 4.73. The summed E-state index contributed by atoms with van der Waals surface area (Å²) >= 11 is 6.24. The van der Waals surface area contributed by atoms with Gasteiger partial charge in [-0.3, -0.25) is 9.58 Å². The summed E-state index contributed by atoms with van der Waals surface area (Å²) in [7, 11) is 1.89. The highest BCUT2D eigenvalue weighted by Crippen LogP contribution is 2.21. The van der Waals surface area contributed by atoms with Gasteiger partial charge in [-0.25, -0.2) is 0 Å². The first kappa shape index (κ1) is 11.9. The van der Waals surface area contributed by atoms with Crippen molar-refractivity contribution in [1.82, 2.24) is 20.0 Å². The molecule has 1 aliphatic rings. The van der Waals surface area contributed by atoms with Crippen molar-refractivity contribution in [2.45, 2.75) is 26.4 Å². The Morgan fingerprint density at radius 3 is 2.88 bits per heavy atom. The Hall–Kier alpha value is -0.580. The van der Waals surface area contributed by atoms with Gasteiger partial charge in [-0.15, -0.1) is 0 Å². The summed E-state index contributed by atoms with van der Waals surface area (Å²) < 4.78 is 1.75. The molecule has 0 aliphatic carbocycles. The molecular weight excluding hydrogens is 224 g/mol. The van der Waals surface area contributed by atoms with Crippen LogP contribution in [0.3, 0.4) is 0 Å². The fraction of sp³-hybridized carbons (Fsp3) is 0.727. The van der Waals surface area contributed by atoms with Crippen LogP contribution in [0.5, 0.6) is 0 Å². The van der Waals surface area contributed by atoms with Crippen molar-refractivity contribution in [1.29, 1.82) is 0 Å². The molecule has 1 aromatic rings. The molecule has 1 aromatic heterocycles. The molecule has 5 heteroatoms. The maximum absolute atomic E-state index is 6.24. The minimum atomic E-state index is 0.560. The van der Waals surface area contributed by atoms with E-state index in [1.807, 2.05) is 14.0 Å². The second-order valence-electron chi connectivity index (χ2n) is 4.50. The van der Waals surface area contributed by atoms with E-state index in [4.69, 9.17) is 11.6 Å². The third-order valence-corrected chi connectivity index (χ3v) is 3.74. The summed E-state index contributed by atoms with van der Waals surface area (Å²) in [5, 5.41) is 8.50. The monoisotopic (exact) mass is 242 g/mol. The van der Waals surface area contributed by atoms with E-state index in [0.717, 1.165) is 42.6 Å². The number of piperazine rings is 1. The smallest absolute Gasteiger partial charge is 0.131 e. The van der Waals surface area contributed by atoms with E-state index < -0.39 is 0 Å². The Labute approximate surface area is 102 Å². The van der Waals surface area contributed by atoms with Gasteiger partial charge in [-0.2, -0.15) is 5.10 Å². The predicted molar refractivity (Wildman–Crippen MR) is 65.7 cm³/mol. The van der Waals surface area contributed by atoms with Gasteiger partial charge in [-0.1, -0.05) is 11.6 Å². The molecule has 16 heavy (non-hydrogen) atoms. The lowest BCUT2D eigenvalue weighted by atomic mass is 10.1. The number of nitrogens with zero attached hydrogens (tertiary/aromatic N) is 3. The molecule has 0 unspecified atom stereocenters. The highest BCUT2D eigenvalue weighted by atomic mass is 35.5. The van der Waals surface area contributed by atoms with Gasteiger partial charge in [0.05, 0.1) is 5.69 Å². The summed E-state index contributed by atoms with van der Waals surface area (Å²) in [6.45, 7) is 8.35. The van der Waals surface area contributed by atoms with Crippen LogP contribution >= 0.6 is 11.6 Å². The van der Waals surface area contributed by atoms with Gasteiger partial charge >= 0.3 is 0 Å². The van der Waals surface area contributed by atoms with Crippen LogP contribution in [-0.2, 0) is 13.6 Å². The Morgan fingerprint density at radius 2 is 2.31 bits per heavy atom. The fourth-order valence-corrected chi connectivity index (χ4v) is 2.41. The van der Waals surface area contributed by atoms with Crippen LogP contribution in [0.25, 0.3) is 0 Å². The van der Waals surface area contributed by atoms with E-state index in [9.17, 15) is 0 Å². The summed E-state index contributed by atoms with van der Waals surface area (Å²) in [6.07, 6.45) is 0. The molecule has 0 aromatic carbocycles. The molecule has 1 fully saturated rings. The lowest BCUT2D eigenvalue weighted by Crippen LogP contribution is -2.49. The van der Waals surface area contributed by atoms with Crippen molar-refractivity contribution in [2.24, 2.45) is 7.05 Å². The van der Waals surface area contributed by atoms with Crippen LogP contribution in [-0.4, -0.2) is 40.4 Å². The minimum Gasteiger partial charge on any atom is -0.314 e. The molecule has 2 rings (SSSR count). The van der Waals surface area contributed by atoms with Gasteiger partial charge in [-0.05, 0) is 13.8 Å². The first-order valence-corrected chi connectivity index (χ1v) is 6.10. The minimum absolute atomic E-state index is 0.560. The number of aromatic nitrogens is 2. The zero-order valence-corrected chi connectivity index (χ0v) is 10.9. The molecule has 0 bridgehead atoms. The summed E-state index contributed by atoms with van der Waals surface area (Å²) in [6, 6.07) is 0.560. The zero-order valence-electron chi connectivity index (χ0n) is 10.1. The number of hydrogen-bond acceptors (Lipinski definition) is 3. The van der Waals surface area contributed by atoms with Crippen LogP contribution in [0.2, 0.25) is 5.15 Å². The summed E-state index contributed by atoms with van der Waals surface area (Å²) in [4.78, 5) is 2.45. The fourth-order valence-electron chi connectivity index (χ4n) is 2.17. The zero-order chi connectivity index (χ0) is 11.7. The van der Waals surface area contributed by atoms with E-state index in [1.165, 1.54) is 0 Å². The molecular formula is C11H19ClN4. The summed E-state index contributed by atoms with van der Waals surface area (Å²) in [5.74, 6) is 0. The summed E-state index contributed by atoms with van der Waals surface area (Å²) in [5.41, 5.74) is 2.20. The molecule has 0 radical (unpaired) electrons. The molecule has 2 heterocycles. The average molecular weight is 243 g/mol. The highest BCUT2D eigenvalue weighted by molar-refractivity contribution is 6.30. The van der Waals surface area contributed by atoms with Crippen LogP contribution < -0.4 is 5.32 Å². The van der Waals surface area contributed by atoms with Crippen molar-refractivity contribution in [3.05, 3.63) is 16.4 Å². The van der Waals surface area contributed by atoms with Crippen molar-refractivity contribution < 1.29 is 0 Å². The third kappa shape index (κ3) is 2.24. The molecule has 1 saturated heterocycles. The SMILES string of the molecule is Cc1nn(C)c(Cl)c1CN1CCNC[C@H]1C. The Kier molecular flexibility index (Phi) is 3.52. The molecule has 0 spiro atoms. The lowest BCUT2D eigenvalue weighted by molar-refractivity contribution is 0.165. The number of halogens is 1. The number of hydrogen-bond donors (Lipinski definition) is 1. The first-order chi connectivity index (χ1) is 7.59. The van der Waals surface area contributed by atoms with E-state index in [-0.39, 0.29) is 0 Å². The second-order valence-corrected chi connectivity index (χ2v) is 4.86. The molecule has 0 saturated carbocycles. The molecule has 0 amide bonds. The van der Waals surface area contributed by atoms with Gasteiger partial charge in [0.15, 0.2) is 0 Å². The molecule has 4 nitrogen and oxygen atoms in total. The Morgan fingerprint density at radius 1 is 1.56 bits per heavy atom. The van der Waals surface area contributed by atoms with Crippen molar-refractivity contribution in [3.8, 4) is 0 Å². The Balaban J connectivity index is 2.13. The third-order valence-electron chi connectivity index (χ3n) is 3.27. The van der Waals surface area contributed by atoms with Crippen molar-refractivity contribution in [3.63, 3.8) is 0 Å². The number of aryl methyl sites for hydroxylation is 2. The number of nitrogens with one attached hydrogen (secondary N) is 1. The van der Waals surface area contributed by atoms with Crippen LogP contribution in [0.4, 0.5) is 0 Å². The molecule has 1 aliphatic heterocycles. The highest BCUT2D eigenvalue weighted by Gasteiger charge is 2.21. The van der Waals surface area contributed by atoms with Gasteiger partial charge in [0.2, 0.25) is 0 Å². The maximum atomic E-state index is 6.24. The van der Waals surface area contributed by atoms with Crippen LogP contribution in [0.1, 0.15) is 18.2 Å². The standard InChI is InChI=1S/C11H19ClN4/c1-8-6-13-4-5-16(8)7-10-9(2)14-15(3)11(10)12/h8,13H,4-7H2,1-3H3/t8-/m1/s1. The van der Waals surface area contributed by atoms with Gasteiger partial charge in [0.1, 0.15) is 5.15 Å². The van der Waals surface area contributed by atoms with Crippen LogP contribution in [0, 0.1) is 6.92 Å². The average Bonchev–Trinajstić information content (AvgIpc) is 2.48. The van der Waals surface area contributed by atoms with Gasteiger partial charge < -0.3 is 5.32 Å². The Bertz CT molecular complexity index is 374. The normalized spacial score (nSPS) is 22.6. The first-order valence-electron chi connectivity index (χ1n) is 5.72. The van der Waals surface area contributed by atoms with Crippen LogP contribution in [0.15, 0.2) is 0 Å². The van der Waals surface area contributed by atoms with Crippen molar-refractivity contribution >= 4 is 11.6 Å². The maximum Gasteiger partial charge on any atom is 0.131 e.